The summed E-state index contributed by atoms with van der Waals surface area (Å²) in [6.45, 7) is 0. The van der Waals surface area contributed by atoms with Crippen LogP contribution in [0, 0.1) is 11.3 Å². The maximum atomic E-state index is 9.29. The summed E-state index contributed by atoms with van der Waals surface area (Å²) in [5.74, 6) is -0.114. The van der Waals surface area contributed by atoms with Crippen molar-refractivity contribution in [2.75, 3.05) is 0 Å². The van der Waals surface area contributed by atoms with Crippen LogP contribution in [0.4, 0.5) is 0 Å². The van der Waals surface area contributed by atoms with Crippen molar-refractivity contribution in [2.45, 2.75) is 25.2 Å². The predicted octanol–water partition coefficient (Wildman–Crippen LogP) is 4.97. The van der Waals surface area contributed by atoms with Crippen LogP contribution in [0.1, 0.15) is 29.9 Å². The van der Waals surface area contributed by atoms with Gasteiger partial charge in [0.25, 0.3) is 0 Å². The van der Waals surface area contributed by atoms with E-state index in [0.717, 1.165) is 24.8 Å². The Hall–Kier alpha value is -1.78. The molecule has 0 amide bonds. The first-order chi connectivity index (χ1) is 9.31. The molecule has 1 unspecified atom stereocenters. The molecule has 2 aromatic carbocycles. The van der Waals surface area contributed by atoms with Crippen LogP contribution in [0.5, 0.6) is 0 Å². The van der Waals surface area contributed by atoms with E-state index < -0.39 is 0 Å². The maximum absolute atomic E-state index is 9.29. The zero-order valence-corrected chi connectivity index (χ0v) is 11.5. The molecule has 2 heteroatoms. The number of nitriles is 1. The molecule has 1 nitrogen and oxygen atoms in total. The molecular weight excluding hydrogens is 254 g/mol. The van der Waals surface area contributed by atoms with Gasteiger partial charge in [-0.05, 0) is 36.5 Å². The van der Waals surface area contributed by atoms with Gasteiger partial charge in [-0.1, -0.05) is 60.1 Å². The van der Waals surface area contributed by atoms with E-state index in [9.17, 15) is 5.26 Å². The van der Waals surface area contributed by atoms with Gasteiger partial charge in [-0.25, -0.2) is 0 Å². The third kappa shape index (κ3) is 3.84. The zero-order chi connectivity index (χ0) is 13.5. The molecule has 0 N–H and O–H groups in total. The molecule has 0 spiro atoms. The molecule has 1 atom stereocenters. The summed E-state index contributed by atoms with van der Waals surface area (Å²) >= 11 is 6.14. The number of aryl methyl sites for hydroxylation is 1. The standard InChI is InChI=1S/C17H16ClN/c18-17-12-5-4-11-16(17)15(13-19)10-6-9-14-7-2-1-3-8-14/h1-5,7-8,11-12,15H,6,9-10H2. The van der Waals surface area contributed by atoms with Crippen LogP contribution in [0.3, 0.4) is 0 Å². The first-order valence-corrected chi connectivity index (χ1v) is 6.87. The van der Waals surface area contributed by atoms with E-state index in [2.05, 4.69) is 18.2 Å². The molecule has 0 saturated heterocycles. The van der Waals surface area contributed by atoms with Crippen LogP contribution < -0.4 is 0 Å². The van der Waals surface area contributed by atoms with Crippen molar-refractivity contribution >= 4 is 11.6 Å². The van der Waals surface area contributed by atoms with E-state index in [-0.39, 0.29) is 5.92 Å². The lowest BCUT2D eigenvalue weighted by molar-refractivity contribution is 0.684. The highest BCUT2D eigenvalue weighted by Gasteiger charge is 2.13. The van der Waals surface area contributed by atoms with Crippen molar-refractivity contribution in [3.63, 3.8) is 0 Å². The van der Waals surface area contributed by atoms with Crippen molar-refractivity contribution in [3.05, 3.63) is 70.7 Å². The number of nitrogens with zero attached hydrogens (tertiary/aromatic N) is 1. The number of hydrogen-bond acceptors (Lipinski definition) is 1. The molecule has 0 bridgehead atoms. The summed E-state index contributed by atoms with van der Waals surface area (Å²) in [6.07, 6.45) is 2.84. The monoisotopic (exact) mass is 269 g/mol. The molecule has 19 heavy (non-hydrogen) atoms. The molecule has 0 aliphatic heterocycles. The van der Waals surface area contributed by atoms with Gasteiger partial charge in [0.05, 0.1) is 12.0 Å². The minimum Gasteiger partial charge on any atom is -0.198 e. The highest BCUT2D eigenvalue weighted by atomic mass is 35.5. The van der Waals surface area contributed by atoms with Gasteiger partial charge in [-0.2, -0.15) is 5.26 Å². The minimum atomic E-state index is -0.114. The Morgan fingerprint density at radius 2 is 1.68 bits per heavy atom. The van der Waals surface area contributed by atoms with E-state index in [1.807, 2.05) is 42.5 Å². The van der Waals surface area contributed by atoms with Crippen LogP contribution >= 0.6 is 11.6 Å². The number of benzene rings is 2. The molecule has 2 aromatic rings. The van der Waals surface area contributed by atoms with E-state index in [1.165, 1.54) is 5.56 Å². The van der Waals surface area contributed by atoms with Gasteiger partial charge in [-0.3, -0.25) is 0 Å². The number of rotatable bonds is 5. The first kappa shape index (κ1) is 13.6. The van der Waals surface area contributed by atoms with Gasteiger partial charge in [0.2, 0.25) is 0 Å². The molecule has 2 rings (SSSR count). The van der Waals surface area contributed by atoms with Crippen LogP contribution in [0.2, 0.25) is 5.02 Å². The summed E-state index contributed by atoms with van der Waals surface area (Å²) in [5, 5.41) is 9.98. The van der Waals surface area contributed by atoms with Gasteiger partial charge in [0, 0.05) is 5.02 Å². The Bertz CT molecular complexity index is 557. The van der Waals surface area contributed by atoms with Crippen molar-refractivity contribution in [1.29, 1.82) is 5.26 Å². The quantitative estimate of drug-likeness (QED) is 0.752. The molecule has 0 aliphatic carbocycles. The second-order valence-corrected chi connectivity index (χ2v) is 4.99. The summed E-state index contributed by atoms with van der Waals surface area (Å²) in [7, 11) is 0. The van der Waals surface area contributed by atoms with Gasteiger partial charge >= 0.3 is 0 Å². The van der Waals surface area contributed by atoms with E-state index >= 15 is 0 Å². The average Bonchev–Trinajstić information content (AvgIpc) is 2.46. The minimum absolute atomic E-state index is 0.114. The molecule has 0 saturated carbocycles. The molecule has 0 aliphatic rings. The average molecular weight is 270 g/mol. The Balaban J connectivity index is 1.94. The fraction of sp³-hybridized carbons (Fsp3) is 0.235. The SMILES string of the molecule is N#CC(CCCc1ccccc1)c1ccccc1Cl. The van der Waals surface area contributed by atoms with Crippen molar-refractivity contribution in [2.24, 2.45) is 0 Å². The second-order valence-electron chi connectivity index (χ2n) is 4.58. The van der Waals surface area contributed by atoms with Gasteiger partial charge in [0.1, 0.15) is 0 Å². The van der Waals surface area contributed by atoms with Gasteiger partial charge < -0.3 is 0 Å². The van der Waals surface area contributed by atoms with Gasteiger partial charge in [-0.15, -0.1) is 0 Å². The van der Waals surface area contributed by atoms with E-state index in [4.69, 9.17) is 11.6 Å². The fourth-order valence-corrected chi connectivity index (χ4v) is 2.47. The molecule has 0 fully saturated rings. The third-order valence-electron chi connectivity index (χ3n) is 3.24. The summed E-state index contributed by atoms with van der Waals surface area (Å²) in [6, 6.07) is 20.3. The number of halogens is 1. The fourth-order valence-electron chi connectivity index (χ4n) is 2.20. The Morgan fingerprint density at radius 1 is 1.00 bits per heavy atom. The summed E-state index contributed by atoms with van der Waals surface area (Å²) in [5.41, 5.74) is 2.26. The third-order valence-corrected chi connectivity index (χ3v) is 3.58. The van der Waals surface area contributed by atoms with Crippen LogP contribution in [-0.4, -0.2) is 0 Å². The van der Waals surface area contributed by atoms with Crippen molar-refractivity contribution in [1.82, 2.24) is 0 Å². The Morgan fingerprint density at radius 3 is 2.37 bits per heavy atom. The second kappa shape index (κ2) is 6.97. The van der Waals surface area contributed by atoms with Crippen LogP contribution in [0.15, 0.2) is 54.6 Å². The van der Waals surface area contributed by atoms with E-state index in [0.29, 0.717) is 5.02 Å². The smallest absolute Gasteiger partial charge is 0.0727 e. The first-order valence-electron chi connectivity index (χ1n) is 6.49. The van der Waals surface area contributed by atoms with Crippen LogP contribution in [0.25, 0.3) is 0 Å². The molecule has 0 aromatic heterocycles. The maximum Gasteiger partial charge on any atom is 0.0727 e. The van der Waals surface area contributed by atoms with Gasteiger partial charge in [0.15, 0.2) is 0 Å². The zero-order valence-electron chi connectivity index (χ0n) is 10.7. The summed E-state index contributed by atoms with van der Waals surface area (Å²) in [4.78, 5) is 0. The molecule has 96 valence electrons. The molecule has 0 radical (unpaired) electrons. The van der Waals surface area contributed by atoms with Crippen molar-refractivity contribution in [3.8, 4) is 6.07 Å². The lowest BCUT2D eigenvalue weighted by atomic mass is 9.94. The predicted molar refractivity (Wildman–Crippen MR) is 79.2 cm³/mol. The largest absolute Gasteiger partial charge is 0.198 e. The number of hydrogen-bond donors (Lipinski definition) is 0. The highest BCUT2D eigenvalue weighted by molar-refractivity contribution is 6.31. The Labute approximate surface area is 119 Å². The normalized spacial score (nSPS) is 11.8. The summed E-state index contributed by atoms with van der Waals surface area (Å²) < 4.78 is 0. The van der Waals surface area contributed by atoms with Crippen molar-refractivity contribution < 1.29 is 0 Å². The lowest BCUT2D eigenvalue weighted by Crippen LogP contribution is -1.98. The van der Waals surface area contributed by atoms with Crippen LogP contribution in [-0.2, 0) is 6.42 Å². The van der Waals surface area contributed by atoms with E-state index in [1.54, 1.807) is 0 Å². The lowest BCUT2D eigenvalue weighted by Gasteiger charge is -2.11. The Kier molecular flexibility index (Phi) is 5.01. The molecule has 0 heterocycles. The highest BCUT2D eigenvalue weighted by Crippen LogP contribution is 2.27. The topological polar surface area (TPSA) is 23.8 Å². The molecular formula is C17H16ClN.